The number of amides is 1. The van der Waals surface area contributed by atoms with Crippen LogP contribution in [-0.4, -0.2) is 46.5 Å². The number of carbonyl (C=O) groups excluding carboxylic acids is 1. The standard InChI is InChI=1S/C24H25ClN4O2S/c1-27-23(31)21-18-4-2-3-5-19(18)32-22(21)26-24(27)29-14-12-28(13-15-29)20(30)11-8-16-6-9-17(25)10-7-16/h6-11H,2-5,12-15H2,1H3. The maximum absolute atomic E-state index is 13.2. The zero-order valence-corrected chi connectivity index (χ0v) is 19.6. The zero-order valence-electron chi connectivity index (χ0n) is 18.0. The lowest BCUT2D eigenvalue weighted by atomic mass is 9.97. The minimum Gasteiger partial charge on any atom is -0.339 e. The molecule has 0 unspecified atom stereocenters. The number of rotatable bonds is 3. The van der Waals surface area contributed by atoms with Gasteiger partial charge in [0.15, 0.2) is 0 Å². The van der Waals surface area contributed by atoms with E-state index < -0.39 is 0 Å². The lowest BCUT2D eigenvalue weighted by Gasteiger charge is -2.35. The van der Waals surface area contributed by atoms with Gasteiger partial charge in [-0.15, -0.1) is 11.3 Å². The second-order valence-corrected chi connectivity index (χ2v) is 9.88. The topological polar surface area (TPSA) is 58.4 Å². The summed E-state index contributed by atoms with van der Waals surface area (Å²) in [6, 6.07) is 7.38. The van der Waals surface area contributed by atoms with E-state index in [0.29, 0.717) is 37.1 Å². The molecule has 0 saturated carbocycles. The number of piperazine rings is 1. The highest BCUT2D eigenvalue weighted by molar-refractivity contribution is 7.18. The third-order valence-electron chi connectivity index (χ3n) is 6.34. The van der Waals surface area contributed by atoms with Crippen molar-refractivity contribution in [3.63, 3.8) is 0 Å². The average Bonchev–Trinajstić information content (AvgIpc) is 3.19. The predicted molar refractivity (Wildman–Crippen MR) is 131 cm³/mol. The van der Waals surface area contributed by atoms with E-state index in [1.165, 1.54) is 16.9 Å². The maximum Gasteiger partial charge on any atom is 0.263 e. The molecule has 5 rings (SSSR count). The summed E-state index contributed by atoms with van der Waals surface area (Å²) in [5.41, 5.74) is 2.21. The Kier molecular flexibility index (Phi) is 5.78. The lowest BCUT2D eigenvalue weighted by molar-refractivity contribution is -0.126. The van der Waals surface area contributed by atoms with Crippen molar-refractivity contribution in [1.82, 2.24) is 14.5 Å². The Morgan fingerprint density at radius 1 is 1.09 bits per heavy atom. The van der Waals surface area contributed by atoms with Crippen molar-refractivity contribution < 1.29 is 4.79 Å². The molecule has 1 aromatic carbocycles. The number of anilines is 1. The van der Waals surface area contributed by atoms with E-state index in [4.69, 9.17) is 16.6 Å². The fraction of sp³-hybridized carbons (Fsp3) is 0.375. The second-order valence-electron chi connectivity index (χ2n) is 8.36. The van der Waals surface area contributed by atoms with Gasteiger partial charge in [-0.3, -0.25) is 14.2 Å². The number of aromatic nitrogens is 2. The highest BCUT2D eigenvalue weighted by atomic mass is 35.5. The molecular formula is C24H25ClN4O2S. The summed E-state index contributed by atoms with van der Waals surface area (Å²) in [5, 5.41) is 1.49. The molecule has 0 bridgehead atoms. The largest absolute Gasteiger partial charge is 0.339 e. The van der Waals surface area contributed by atoms with Crippen molar-refractivity contribution in [2.75, 3.05) is 31.1 Å². The summed E-state index contributed by atoms with van der Waals surface area (Å²) in [4.78, 5) is 36.8. The summed E-state index contributed by atoms with van der Waals surface area (Å²) < 4.78 is 1.68. The molecule has 2 aliphatic rings. The molecule has 1 aliphatic carbocycles. The van der Waals surface area contributed by atoms with Crippen molar-refractivity contribution in [1.29, 1.82) is 0 Å². The molecule has 32 heavy (non-hydrogen) atoms. The second kappa shape index (κ2) is 8.71. The van der Waals surface area contributed by atoms with E-state index in [0.717, 1.165) is 35.0 Å². The summed E-state index contributed by atoms with van der Waals surface area (Å²) in [7, 11) is 1.81. The molecular weight excluding hydrogens is 444 g/mol. The fourth-order valence-corrected chi connectivity index (χ4v) is 5.90. The molecule has 6 nitrogen and oxygen atoms in total. The van der Waals surface area contributed by atoms with E-state index >= 15 is 0 Å². The van der Waals surface area contributed by atoms with Gasteiger partial charge in [-0.2, -0.15) is 0 Å². The van der Waals surface area contributed by atoms with E-state index in [2.05, 4.69) is 4.90 Å². The zero-order chi connectivity index (χ0) is 22.2. The Labute approximate surface area is 195 Å². The SMILES string of the molecule is Cn1c(N2CCN(C(=O)C=Cc3ccc(Cl)cc3)CC2)nc2sc3c(c2c1=O)CCCC3. The Balaban J connectivity index is 1.30. The molecule has 1 saturated heterocycles. The first kappa shape index (κ1) is 21.2. The predicted octanol–water partition coefficient (Wildman–Crippen LogP) is 3.89. The summed E-state index contributed by atoms with van der Waals surface area (Å²) in [5.74, 6) is 0.688. The van der Waals surface area contributed by atoms with Crippen LogP contribution in [0.5, 0.6) is 0 Å². The van der Waals surface area contributed by atoms with Gasteiger partial charge in [0.1, 0.15) is 4.83 Å². The van der Waals surface area contributed by atoms with E-state index in [9.17, 15) is 9.59 Å². The average molecular weight is 469 g/mol. The van der Waals surface area contributed by atoms with Gasteiger partial charge < -0.3 is 9.80 Å². The van der Waals surface area contributed by atoms with Crippen molar-refractivity contribution in [3.05, 3.63) is 61.7 Å². The van der Waals surface area contributed by atoms with E-state index in [1.54, 1.807) is 22.0 Å². The van der Waals surface area contributed by atoms with Gasteiger partial charge in [-0.25, -0.2) is 4.98 Å². The molecule has 0 N–H and O–H groups in total. The van der Waals surface area contributed by atoms with Gasteiger partial charge in [0.2, 0.25) is 11.9 Å². The van der Waals surface area contributed by atoms with E-state index in [1.807, 2.05) is 42.3 Å². The van der Waals surface area contributed by atoms with Gasteiger partial charge in [0.05, 0.1) is 5.39 Å². The van der Waals surface area contributed by atoms with Gasteiger partial charge >= 0.3 is 0 Å². The molecule has 3 aromatic rings. The number of halogens is 1. The lowest BCUT2D eigenvalue weighted by Crippen LogP contribution is -2.49. The first-order valence-electron chi connectivity index (χ1n) is 11.0. The van der Waals surface area contributed by atoms with Gasteiger partial charge in [-0.05, 0) is 55.0 Å². The van der Waals surface area contributed by atoms with Gasteiger partial charge in [0, 0.05) is 49.2 Å². The number of carbonyl (C=O) groups is 1. The number of nitrogens with zero attached hydrogens (tertiary/aromatic N) is 4. The first-order chi connectivity index (χ1) is 15.5. The molecule has 0 spiro atoms. The minimum atomic E-state index is -0.0113. The third-order valence-corrected chi connectivity index (χ3v) is 7.77. The molecule has 0 radical (unpaired) electrons. The monoisotopic (exact) mass is 468 g/mol. The normalized spacial score (nSPS) is 16.7. The van der Waals surface area contributed by atoms with Crippen molar-refractivity contribution in [2.24, 2.45) is 7.05 Å². The minimum absolute atomic E-state index is 0.0113. The molecule has 166 valence electrons. The molecule has 8 heteroatoms. The Bertz CT molecular complexity index is 1250. The third kappa shape index (κ3) is 3.95. The highest BCUT2D eigenvalue weighted by Crippen LogP contribution is 2.34. The van der Waals surface area contributed by atoms with Crippen molar-refractivity contribution in [3.8, 4) is 0 Å². The molecule has 1 amide bonds. The van der Waals surface area contributed by atoms with Crippen LogP contribution in [0.15, 0.2) is 35.1 Å². The molecule has 1 aliphatic heterocycles. The first-order valence-corrected chi connectivity index (χ1v) is 12.2. The number of aryl methyl sites for hydroxylation is 2. The van der Waals surface area contributed by atoms with Crippen LogP contribution in [0.25, 0.3) is 16.3 Å². The van der Waals surface area contributed by atoms with E-state index in [-0.39, 0.29) is 11.5 Å². The number of hydrogen-bond donors (Lipinski definition) is 0. The van der Waals surface area contributed by atoms with Crippen LogP contribution in [0.3, 0.4) is 0 Å². The smallest absolute Gasteiger partial charge is 0.263 e. The number of hydrogen-bond acceptors (Lipinski definition) is 5. The molecule has 0 atom stereocenters. The Hall–Kier alpha value is -2.64. The Morgan fingerprint density at radius 3 is 2.56 bits per heavy atom. The highest BCUT2D eigenvalue weighted by Gasteiger charge is 2.25. The molecule has 2 aromatic heterocycles. The summed E-state index contributed by atoms with van der Waals surface area (Å²) in [6.07, 6.45) is 7.79. The number of benzene rings is 1. The quantitative estimate of drug-likeness (QED) is 0.547. The Morgan fingerprint density at radius 2 is 1.81 bits per heavy atom. The number of fused-ring (bicyclic) bond motifs is 3. The van der Waals surface area contributed by atoms with Crippen LogP contribution in [0.1, 0.15) is 28.8 Å². The van der Waals surface area contributed by atoms with Gasteiger partial charge in [-0.1, -0.05) is 23.7 Å². The van der Waals surface area contributed by atoms with Gasteiger partial charge in [0.25, 0.3) is 5.56 Å². The van der Waals surface area contributed by atoms with Crippen LogP contribution in [0, 0.1) is 0 Å². The number of thiophene rings is 1. The maximum atomic E-state index is 13.2. The summed E-state index contributed by atoms with van der Waals surface area (Å²) in [6.45, 7) is 2.49. The van der Waals surface area contributed by atoms with Crippen LogP contribution in [-0.2, 0) is 24.7 Å². The van der Waals surface area contributed by atoms with Crippen LogP contribution < -0.4 is 10.5 Å². The summed E-state index contributed by atoms with van der Waals surface area (Å²) >= 11 is 7.59. The molecule has 3 heterocycles. The van der Waals surface area contributed by atoms with Crippen LogP contribution >= 0.6 is 22.9 Å². The fourth-order valence-electron chi connectivity index (χ4n) is 4.53. The van der Waals surface area contributed by atoms with Crippen molar-refractivity contribution in [2.45, 2.75) is 25.7 Å². The molecule has 1 fully saturated rings. The van der Waals surface area contributed by atoms with Crippen LogP contribution in [0.4, 0.5) is 5.95 Å². The van der Waals surface area contributed by atoms with Crippen LogP contribution in [0.2, 0.25) is 5.02 Å². The van der Waals surface area contributed by atoms with Crippen molar-refractivity contribution >= 4 is 51.1 Å².